The highest BCUT2D eigenvalue weighted by Gasteiger charge is 2.40. The van der Waals surface area contributed by atoms with Crippen molar-refractivity contribution in [2.75, 3.05) is 47.6 Å². The van der Waals surface area contributed by atoms with Gasteiger partial charge in [-0.05, 0) is 68.7 Å². The minimum absolute atomic E-state index is 0.00342. The fraction of sp³-hybridized carbons (Fsp3) is 0.462. The van der Waals surface area contributed by atoms with Crippen molar-refractivity contribution in [1.82, 2.24) is 14.9 Å². The Balaban J connectivity index is 2.06. The molecule has 1 unspecified atom stereocenters. The second kappa shape index (κ2) is 21.0. The van der Waals surface area contributed by atoms with Crippen molar-refractivity contribution in [3.05, 3.63) is 95.6 Å². The van der Waals surface area contributed by atoms with E-state index < -0.39 is 44.8 Å². The standard InChI is InChI=1S/C39H50F3N4O7P/c1-28(2)46(29(3)4)54(52-26-11-23-43)53-35(36(47)45(5)25-24-44-37(48)39(40,41)42)22-27-51-38(30-12-9-8-10-13-30,31-14-18-33(49-6)19-15-31)32-16-20-34(50-7)21-17-32/h8-10,12-21,28-29,35H,11,22,24-27H2,1-7H3,(H,44,48)/t35-,54?/m1/s1. The van der Waals surface area contributed by atoms with Crippen LogP contribution in [-0.4, -0.2) is 93.3 Å². The first-order valence-corrected chi connectivity index (χ1v) is 18.7. The molecule has 0 heterocycles. The lowest BCUT2D eigenvalue weighted by Gasteiger charge is -2.38. The van der Waals surface area contributed by atoms with Gasteiger partial charge in [0.25, 0.3) is 14.4 Å². The van der Waals surface area contributed by atoms with Crippen molar-refractivity contribution in [2.45, 2.75) is 70.5 Å². The van der Waals surface area contributed by atoms with Gasteiger partial charge in [0.2, 0.25) is 0 Å². The van der Waals surface area contributed by atoms with E-state index in [-0.39, 0.29) is 44.7 Å². The van der Waals surface area contributed by atoms with Crippen LogP contribution < -0.4 is 14.8 Å². The first-order valence-electron chi connectivity index (χ1n) is 17.5. The SMILES string of the molecule is COc1ccc(C(OCC[C@@H](OP(OCCC#N)N(C(C)C)C(C)C)C(=O)N(C)CCNC(=O)C(F)(F)F)(c2ccccc2)c2ccc(OC)cc2)cc1. The van der Waals surface area contributed by atoms with E-state index in [0.29, 0.717) is 11.5 Å². The number of methoxy groups -OCH3 is 2. The molecule has 2 amide bonds. The smallest absolute Gasteiger partial charge is 0.471 e. The number of nitrogens with zero attached hydrogens (tertiary/aromatic N) is 3. The van der Waals surface area contributed by atoms with Crippen LogP contribution in [-0.2, 0) is 29.0 Å². The maximum atomic E-state index is 14.1. The van der Waals surface area contributed by atoms with Gasteiger partial charge in [0, 0.05) is 38.6 Å². The van der Waals surface area contributed by atoms with Crippen molar-refractivity contribution in [2.24, 2.45) is 0 Å². The fourth-order valence-corrected chi connectivity index (χ4v) is 7.53. The first-order chi connectivity index (χ1) is 25.7. The summed E-state index contributed by atoms with van der Waals surface area (Å²) in [7, 11) is 2.68. The monoisotopic (exact) mass is 774 g/mol. The van der Waals surface area contributed by atoms with Gasteiger partial charge in [0.05, 0.1) is 39.9 Å². The Morgan fingerprint density at radius 1 is 0.833 bits per heavy atom. The Labute approximate surface area is 317 Å². The van der Waals surface area contributed by atoms with Gasteiger partial charge in [0.1, 0.15) is 23.2 Å². The van der Waals surface area contributed by atoms with Gasteiger partial charge in [0.15, 0.2) is 0 Å². The molecule has 0 aliphatic carbocycles. The van der Waals surface area contributed by atoms with Crippen LogP contribution in [0.5, 0.6) is 11.5 Å². The number of alkyl halides is 3. The second-order valence-corrected chi connectivity index (χ2v) is 14.2. The summed E-state index contributed by atoms with van der Waals surface area (Å²) < 4.78 is 71.0. The highest BCUT2D eigenvalue weighted by atomic mass is 31.2. The molecule has 3 aromatic rings. The molecular formula is C39H50F3N4O7P. The van der Waals surface area contributed by atoms with Gasteiger partial charge in [-0.15, -0.1) is 0 Å². The Morgan fingerprint density at radius 2 is 1.35 bits per heavy atom. The van der Waals surface area contributed by atoms with Gasteiger partial charge >= 0.3 is 12.1 Å². The molecule has 294 valence electrons. The van der Waals surface area contributed by atoms with Crippen molar-refractivity contribution < 1.29 is 46.0 Å². The van der Waals surface area contributed by atoms with Crippen LogP contribution in [0, 0.1) is 11.3 Å². The number of rotatable bonds is 21. The van der Waals surface area contributed by atoms with Crippen LogP contribution in [0.4, 0.5) is 13.2 Å². The topological polar surface area (TPSA) is 123 Å². The summed E-state index contributed by atoms with van der Waals surface area (Å²) in [6, 6.07) is 26.5. The molecule has 11 nitrogen and oxygen atoms in total. The van der Waals surface area contributed by atoms with Crippen LogP contribution in [0.3, 0.4) is 0 Å². The fourth-order valence-electron chi connectivity index (χ4n) is 5.81. The summed E-state index contributed by atoms with van der Waals surface area (Å²) in [6.45, 7) is 7.19. The molecule has 15 heteroatoms. The normalized spacial score (nSPS) is 13.0. The molecular weight excluding hydrogens is 724 g/mol. The summed E-state index contributed by atoms with van der Waals surface area (Å²) in [6.07, 6.45) is -6.15. The number of amides is 2. The molecule has 0 aromatic heterocycles. The zero-order valence-corrected chi connectivity index (χ0v) is 32.7. The number of hydrogen-bond donors (Lipinski definition) is 1. The average molecular weight is 775 g/mol. The van der Waals surface area contributed by atoms with E-state index >= 15 is 0 Å². The van der Waals surface area contributed by atoms with Crippen LogP contribution in [0.1, 0.15) is 57.2 Å². The lowest BCUT2D eigenvalue weighted by Crippen LogP contribution is -2.45. The van der Waals surface area contributed by atoms with E-state index in [9.17, 15) is 28.0 Å². The number of halogens is 3. The number of likely N-dealkylation sites (N-methyl/N-ethyl adjacent to an activating group) is 1. The molecule has 3 aromatic carbocycles. The summed E-state index contributed by atoms with van der Waals surface area (Å²) in [5, 5.41) is 11.0. The summed E-state index contributed by atoms with van der Waals surface area (Å²) in [5.74, 6) is -1.36. The molecule has 0 aliphatic rings. The van der Waals surface area contributed by atoms with E-state index in [1.54, 1.807) is 19.5 Å². The Bertz CT molecular complexity index is 1580. The average Bonchev–Trinajstić information content (AvgIpc) is 3.15. The molecule has 54 heavy (non-hydrogen) atoms. The van der Waals surface area contributed by atoms with Gasteiger partial charge in [-0.2, -0.15) is 18.4 Å². The molecule has 0 saturated heterocycles. The highest BCUT2D eigenvalue weighted by Crippen LogP contribution is 2.48. The van der Waals surface area contributed by atoms with E-state index in [1.807, 2.05) is 111 Å². The number of nitriles is 1. The number of carbonyl (C=O) groups is 2. The minimum atomic E-state index is -5.06. The van der Waals surface area contributed by atoms with Gasteiger partial charge in [-0.25, -0.2) is 4.67 Å². The number of hydrogen-bond acceptors (Lipinski definition) is 9. The first kappa shape index (κ1) is 44.1. The van der Waals surface area contributed by atoms with Crippen molar-refractivity contribution in [3.8, 4) is 17.6 Å². The Hall–Kier alpha value is -4.25. The molecule has 1 N–H and O–H groups in total. The largest absolute Gasteiger partial charge is 0.497 e. The summed E-state index contributed by atoms with van der Waals surface area (Å²) >= 11 is 0. The van der Waals surface area contributed by atoms with Crippen molar-refractivity contribution in [3.63, 3.8) is 0 Å². The molecule has 3 rings (SSSR count). The Kier molecular flexibility index (Phi) is 17.2. The van der Waals surface area contributed by atoms with Crippen molar-refractivity contribution in [1.29, 1.82) is 5.26 Å². The van der Waals surface area contributed by atoms with E-state index in [4.69, 9.17) is 23.3 Å². The minimum Gasteiger partial charge on any atom is -0.497 e. The maximum Gasteiger partial charge on any atom is 0.471 e. The number of benzene rings is 3. The molecule has 0 fully saturated rings. The van der Waals surface area contributed by atoms with Crippen LogP contribution in [0.25, 0.3) is 0 Å². The summed E-state index contributed by atoms with van der Waals surface area (Å²) in [4.78, 5) is 26.8. The third kappa shape index (κ3) is 11.9. The van der Waals surface area contributed by atoms with Crippen molar-refractivity contribution >= 4 is 20.3 Å². The van der Waals surface area contributed by atoms with E-state index in [2.05, 4.69) is 6.07 Å². The third-order valence-corrected chi connectivity index (χ3v) is 10.5. The molecule has 0 bridgehead atoms. The predicted molar refractivity (Wildman–Crippen MR) is 200 cm³/mol. The lowest BCUT2D eigenvalue weighted by molar-refractivity contribution is -0.173. The molecule has 0 radical (unpaired) electrons. The zero-order chi connectivity index (χ0) is 39.9. The quantitative estimate of drug-likeness (QED) is 0.0681. The van der Waals surface area contributed by atoms with Gasteiger partial charge < -0.3 is 33.5 Å². The highest BCUT2D eigenvalue weighted by molar-refractivity contribution is 7.44. The van der Waals surface area contributed by atoms with Gasteiger partial charge in [-0.3, -0.25) is 9.59 Å². The second-order valence-electron chi connectivity index (χ2n) is 12.8. The molecule has 0 aliphatic heterocycles. The lowest BCUT2D eigenvalue weighted by atomic mass is 9.80. The number of carbonyl (C=O) groups excluding carboxylic acids is 2. The molecule has 2 atom stereocenters. The van der Waals surface area contributed by atoms with E-state index in [1.165, 1.54) is 11.9 Å². The Morgan fingerprint density at radius 3 is 1.81 bits per heavy atom. The maximum absolute atomic E-state index is 14.1. The summed E-state index contributed by atoms with van der Waals surface area (Å²) in [5.41, 5.74) is 1.15. The number of ether oxygens (including phenoxy) is 3. The van der Waals surface area contributed by atoms with Crippen LogP contribution in [0.2, 0.25) is 0 Å². The zero-order valence-electron chi connectivity index (χ0n) is 31.8. The van der Waals surface area contributed by atoms with Crippen LogP contribution in [0.15, 0.2) is 78.9 Å². The molecule has 0 spiro atoms. The predicted octanol–water partition coefficient (Wildman–Crippen LogP) is 7.20. The number of nitrogens with one attached hydrogen (secondary N) is 1. The third-order valence-electron chi connectivity index (χ3n) is 8.39. The molecule has 0 saturated carbocycles. The van der Waals surface area contributed by atoms with Crippen LogP contribution >= 0.6 is 8.53 Å². The van der Waals surface area contributed by atoms with Gasteiger partial charge in [-0.1, -0.05) is 54.6 Å². The van der Waals surface area contributed by atoms with E-state index in [0.717, 1.165) is 16.7 Å².